The fourth-order valence-electron chi connectivity index (χ4n) is 0.807. The second kappa shape index (κ2) is 3.93. The highest BCUT2D eigenvalue weighted by atomic mass is 79.9. The third-order valence-corrected chi connectivity index (χ3v) is 2.14. The largest absolute Gasteiger partial charge is 0.480 e. The minimum Gasteiger partial charge on any atom is -0.480 e. The average molecular weight is 266 g/mol. The van der Waals surface area contributed by atoms with Gasteiger partial charge >= 0.3 is 5.97 Å². The van der Waals surface area contributed by atoms with Crippen LogP contribution in [0.3, 0.4) is 0 Å². The van der Waals surface area contributed by atoms with Gasteiger partial charge in [0.25, 0.3) is 0 Å². The van der Waals surface area contributed by atoms with Gasteiger partial charge in [-0.25, -0.2) is 0 Å². The standard InChI is InChI=1S/C7H5BrClNO3/c8-4-1-10(3-6(11)12)2-5(9)7(4)13/h1-2H,3H2,(H,11,12). The molecule has 0 saturated heterocycles. The van der Waals surface area contributed by atoms with Crippen molar-refractivity contribution >= 4 is 33.5 Å². The molecule has 0 spiro atoms. The van der Waals surface area contributed by atoms with Gasteiger partial charge in [-0.1, -0.05) is 11.6 Å². The molecule has 0 aliphatic rings. The van der Waals surface area contributed by atoms with Crippen molar-refractivity contribution in [1.29, 1.82) is 0 Å². The predicted octanol–water partition coefficient (Wildman–Crippen LogP) is 1.35. The molecule has 0 radical (unpaired) electrons. The molecule has 1 rings (SSSR count). The summed E-state index contributed by atoms with van der Waals surface area (Å²) in [6.07, 6.45) is 2.66. The molecule has 0 fully saturated rings. The molecule has 1 aromatic heterocycles. The minimum absolute atomic E-state index is 0.00405. The van der Waals surface area contributed by atoms with Crippen molar-refractivity contribution in [2.24, 2.45) is 0 Å². The van der Waals surface area contributed by atoms with Crippen LogP contribution in [-0.2, 0) is 11.3 Å². The second-order valence-electron chi connectivity index (χ2n) is 2.35. The zero-order valence-corrected chi connectivity index (χ0v) is 8.67. The number of rotatable bonds is 2. The van der Waals surface area contributed by atoms with Crippen molar-refractivity contribution < 1.29 is 9.90 Å². The zero-order valence-electron chi connectivity index (χ0n) is 6.33. The number of carboxylic acids is 1. The Labute approximate surface area is 86.9 Å². The molecular weight excluding hydrogens is 261 g/mol. The van der Waals surface area contributed by atoms with Gasteiger partial charge in [-0.05, 0) is 15.9 Å². The molecule has 1 heterocycles. The summed E-state index contributed by atoms with van der Waals surface area (Å²) in [5.74, 6) is -0.994. The van der Waals surface area contributed by atoms with Gasteiger partial charge in [0.1, 0.15) is 11.6 Å². The van der Waals surface area contributed by atoms with Crippen LogP contribution >= 0.6 is 27.5 Å². The number of aliphatic carboxylic acids is 1. The maximum absolute atomic E-state index is 11.1. The molecule has 0 amide bonds. The number of carbonyl (C=O) groups is 1. The molecular formula is C7H5BrClNO3. The summed E-state index contributed by atoms with van der Waals surface area (Å²) >= 11 is 8.52. The molecule has 0 bridgehead atoms. The van der Waals surface area contributed by atoms with E-state index in [0.717, 1.165) is 0 Å². The summed E-state index contributed by atoms with van der Waals surface area (Å²) in [7, 11) is 0. The normalized spacial score (nSPS) is 10.0. The first-order valence-electron chi connectivity index (χ1n) is 3.27. The van der Waals surface area contributed by atoms with Gasteiger partial charge in [0.15, 0.2) is 0 Å². The Morgan fingerprint density at radius 2 is 2.23 bits per heavy atom. The average Bonchev–Trinajstić information content (AvgIpc) is 1.98. The lowest BCUT2D eigenvalue weighted by molar-refractivity contribution is -0.137. The molecule has 0 aromatic carbocycles. The van der Waals surface area contributed by atoms with E-state index in [2.05, 4.69) is 15.9 Å². The molecule has 0 aliphatic heterocycles. The van der Waals surface area contributed by atoms with E-state index in [1.54, 1.807) is 0 Å². The summed E-state index contributed by atoms with van der Waals surface area (Å²) in [5, 5.41) is 8.46. The number of nitrogens with zero attached hydrogens (tertiary/aromatic N) is 1. The molecule has 0 unspecified atom stereocenters. The highest BCUT2D eigenvalue weighted by Crippen LogP contribution is 2.08. The maximum Gasteiger partial charge on any atom is 0.323 e. The third-order valence-electron chi connectivity index (χ3n) is 1.31. The van der Waals surface area contributed by atoms with E-state index in [4.69, 9.17) is 16.7 Å². The number of pyridine rings is 1. The van der Waals surface area contributed by atoms with Crippen LogP contribution in [0, 0.1) is 0 Å². The minimum atomic E-state index is -0.994. The van der Waals surface area contributed by atoms with Crippen LogP contribution in [0.15, 0.2) is 21.7 Å². The number of halogens is 2. The van der Waals surface area contributed by atoms with E-state index >= 15 is 0 Å². The van der Waals surface area contributed by atoms with Crippen LogP contribution in [0.5, 0.6) is 0 Å². The van der Waals surface area contributed by atoms with Crippen LogP contribution in [0.1, 0.15) is 0 Å². The number of aromatic nitrogens is 1. The first kappa shape index (κ1) is 10.3. The molecule has 1 aromatic rings. The molecule has 6 heteroatoms. The maximum atomic E-state index is 11.1. The van der Waals surface area contributed by atoms with E-state index in [9.17, 15) is 9.59 Å². The van der Waals surface area contributed by atoms with Gasteiger partial charge in [0.05, 0.1) is 4.47 Å². The van der Waals surface area contributed by atoms with Crippen LogP contribution in [-0.4, -0.2) is 15.6 Å². The summed E-state index contributed by atoms with van der Waals surface area (Å²) in [5.41, 5.74) is -0.344. The van der Waals surface area contributed by atoms with Crippen LogP contribution in [0.4, 0.5) is 0 Å². The fraction of sp³-hybridized carbons (Fsp3) is 0.143. The number of hydrogen-bond donors (Lipinski definition) is 1. The van der Waals surface area contributed by atoms with Crippen molar-refractivity contribution in [1.82, 2.24) is 4.57 Å². The Morgan fingerprint density at radius 3 is 2.69 bits per heavy atom. The molecule has 1 N–H and O–H groups in total. The van der Waals surface area contributed by atoms with E-state index in [1.807, 2.05) is 0 Å². The monoisotopic (exact) mass is 265 g/mol. The second-order valence-corrected chi connectivity index (χ2v) is 3.61. The van der Waals surface area contributed by atoms with Gasteiger partial charge in [0, 0.05) is 12.4 Å². The van der Waals surface area contributed by atoms with Crippen molar-refractivity contribution in [2.45, 2.75) is 6.54 Å². The summed E-state index contributed by atoms with van der Waals surface area (Å²) in [6, 6.07) is 0. The van der Waals surface area contributed by atoms with Crippen LogP contribution in [0.2, 0.25) is 5.02 Å². The van der Waals surface area contributed by atoms with E-state index in [1.165, 1.54) is 17.0 Å². The van der Waals surface area contributed by atoms with Gasteiger partial charge in [-0.15, -0.1) is 0 Å². The van der Waals surface area contributed by atoms with Crippen LogP contribution < -0.4 is 5.43 Å². The third kappa shape index (κ3) is 2.57. The predicted molar refractivity (Wildman–Crippen MR) is 51.0 cm³/mol. The summed E-state index contributed by atoms with van der Waals surface area (Å²) in [6.45, 7) is -0.224. The molecule has 13 heavy (non-hydrogen) atoms. The van der Waals surface area contributed by atoms with Crippen molar-refractivity contribution in [3.63, 3.8) is 0 Å². The molecule has 4 nitrogen and oxygen atoms in total. The Morgan fingerprint density at radius 1 is 1.62 bits per heavy atom. The quantitative estimate of drug-likeness (QED) is 0.879. The van der Waals surface area contributed by atoms with Crippen molar-refractivity contribution in [3.8, 4) is 0 Å². The van der Waals surface area contributed by atoms with Gasteiger partial charge in [-0.2, -0.15) is 0 Å². The van der Waals surface area contributed by atoms with Gasteiger partial charge in [-0.3, -0.25) is 9.59 Å². The summed E-state index contributed by atoms with van der Waals surface area (Å²) < 4.78 is 1.57. The molecule has 0 atom stereocenters. The Balaban J connectivity index is 3.13. The first-order valence-corrected chi connectivity index (χ1v) is 4.44. The topological polar surface area (TPSA) is 59.3 Å². The summed E-state index contributed by atoms with van der Waals surface area (Å²) in [4.78, 5) is 21.4. The Hall–Kier alpha value is -0.810. The Kier molecular flexibility index (Phi) is 3.11. The highest BCUT2D eigenvalue weighted by Gasteiger charge is 2.04. The van der Waals surface area contributed by atoms with Gasteiger partial charge in [0.2, 0.25) is 5.43 Å². The molecule has 0 aliphatic carbocycles. The Bertz CT molecular complexity index is 375. The number of carboxylic acid groups (broad SMARTS) is 1. The van der Waals surface area contributed by atoms with E-state index in [-0.39, 0.29) is 21.5 Å². The van der Waals surface area contributed by atoms with Crippen LogP contribution in [0.25, 0.3) is 0 Å². The van der Waals surface area contributed by atoms with E-state index in [0.29, 0.717) is 0 Å². The highest BCUT2D eigenvalue weighted by molar-refractivity contribution is 9.10. The molecule has 0 saturated carbocycles. The smallest absolute Gasteiger partial charge is 0.323 e. The first-order chi connectivity index (χ1) is 6.00. The van der Waals surface area contributed by atoms with Crippen molar-refractivity contribution in [3.05, 3.63) is 32.1 Å². The lowest BCUT2D eigenvalue weighted by Crippen LogP contribution is -2.13. The van der Waals surface area contributed by atoms with Crippen molar-refractivity contribution in [2.75, 3.05) is 0 Å². The molecule has 70 valence electrons. The zero-order chi connectivity index (χ0) is 10.0. The number of hydrogen-bond acceptors (Lipinski definition) is 2. The van der Waals surface area contributed by atoms with Gasteiger partial charge < -0.3 is 9.67 Å². The SMILES string of the molecule is O=C(O)Cn1cc(Cl)c(=O)c(Br)c1. The fourth-order valence-corrected chi connectivity index (χ4v) is 1.63. The lowest BCUT2D eigenvalue weighted by atomic mass is 10.4. The van der Waals surface area contributed by atoms with E-state index < -0.39 is 5.97 Å². The lowest BCUT2D eigenvalue weighted by Gasteiger charge is -2.03.